The summed E-state index contributed by atoms with van der Waals surface area (Å²) in [7, 11) is -3.67. The van der Waals surface area contributed by atoms with Crippen molar-refractivity contribution in [1.29, 1.82) is 0 Å². The highest BCUT2D eigenvalue weighted by Crippen LogP contribution is 2.31. The molecule has 0 bridgehead atoms. The molecule has 29 heavy (non-hydrogen) atoms. The third-order valence-corrected chi connectivity index (χ3v) is 7.59. The van der Waals surface area contributed by atoms with Crippen molar-refractivity contribution in [1.82, 2.24) is 15.1 Å². The summed E-state index contributed by atoms with van der Waals surface area (Å²) < 4.78 is 28.7. The Bertz CT molecular complexity index is 891. The monoisotopic (exact) mass is 418 g/mol. The Balaban J connectivity index is 1.34. The Kier molecular flexibility index (Phi) is 5.92. The third-order valence-electron chi connectivity index (χ3n) is 6.27. The molecule has 0 aliphatic carbocycles. The molecule has 1 N–H and O–H groups in total. The second kappa shape index (κ2) is 8.44. The molecular formula is C21H30N4O3S. The summed E-state index contributed by atoms with van der Waals surface area (Å²) in [6.45, 7) is 6.92. The topological polar surface area (TPSA) is 82.1 Å². The van der Waals surface area contributed by atoms with Crippen LogP contribution in [-0.2, 0) is 14.8 Å². The van der Waals surface area contributed by atoms with E-state index < -0.39 is 10.0 Å². The molecule has 2 fully saturated rings. The highest BCUT2D eigenvalue weighted by molar-refractivity contribution is 7.90. The number of hydrogen-bond acceptors (Lipinski definition) is 5. The van der Waals surface area contributed by atoms with Gasteiger partial charge in [0, 0.05) is 18.7 Å². The number of nitrogens with zero attached hydrogens (tertiary/aromatic N) is 3. The fourth-order valence-corrected chi connectivity index (χ4v) is 5.72. The van der Waals surface area contributed by atoms with Crippen molar-refractivity contribution in [3.05, 3.63) is 29.8 Å². The van der Waals surface area contributed by atoms with Gasteiger partial charge in [-0.2, -0.15) is 8.42 Å². The first kappa shape index (κ1) is 20.3. The molecule has 1 amide bonds. The molecule has 7 nitrogen and oxygen atoms in total. The molecule has 3 heterocycles. The number of rotatable bonds is 5. The molecule has 0 saturated carbocycles. The van der Waals surface area contributed by atoms with Crippen molar-refractivity contribution in [3.63, 3.8) is 0 Å². The van der Waals surface area contributed by atoms with Gasteiger partial charge in [0.2, 0.25) is 5.91 Å². The fourth-order valence-electron chi connectivity index (χ4n) is 4.51. The van der Waals surface area contributed by atoms with Gasteiger partial charge in [-0.25, -0.2) is 0 Å². The lowest BCUT2D eigenvalue weighted by Gasteiger charge is -2.30. The number of sulfonamides is 1. The molecule has 4 rings (SSSR count). The number of likely N-dealkylation sites (tertiary alicyclic amines) is 2. The summed E-state index contributed by atoms with van der Waals surface area (Å²) in [4.78, 5) is 17.4. The van der Waals surface area contributed by atoms with Gasteiger partial charge < -0.3 is 15.1 Å². The number of carbonyl (C=O) groups excluding carboxylic acids is 1. The summed E-state index contributed by atoms with van der Waals surface area (Å²) in [5, 5.41) is 3.06. The number of amides is 1. The maximum absolute atomic E-state index is 12.8. The highest BCUT2D eigenvalue weighted by atomic mass is 32.2. The van der Waals surface area contributed by atoms with Crippen LogP contribution in [0.2, 0.25) is 0 Å². The average molecular weight is 419 g/mol. The van der Waals surface area contributed by atoms with Gasteiger partial charge in [0.1, 0.15) is 10.9 Å². The fraction of sp³-hybridized carbons (Fsp3) is 0.619. The van der Waals surface area contributed by atoms with Crippen LogP contribution < -0.4 is 5.32 Å². The lowest BCUT2D eigenvalue weighted by Crippen LogP contribution is -2.46. The zero-order chi connectivity index (χ0) is 20.4. The minimum absolute atomic E-state index is 0.0285. The van der Waals surface area contributed by atoms with E-state index >= 15 is 0 Å². The van der Waals surface area contributed by atoms with Crippen molar-refractivity contribution in [2.45, 2.75) is 50.0 Å². The van der Waals surface area contributed by atoms with Crippen LogP contribution in [0.25, 0.3) is 0 Å². The molecule has 8 heteroatoms. The van der Waals surface area contributed by atoms with Crippen molar-refractivity contribution >= 4 is 21.8 Å². The van der Waals surface area contributed by atoms with Gasteiger partial charge in [-0.15, -0.1) is 4.40 Å². The smallest absolute Gasteiger partial charge is 0.285 e. The second-order valence-electron chi connectivity index (χ2n) is 8.41. The Morgan fingerprint density at radius 2 is 1.93 bits per heavy atom. The first-order chi connectivity index (χ1) is 14.0. The van der Waals surface area contributed by atoms with E-state index in [2.05, 4.69) is 21.5 Å². The van der Waals surface area contributed by atoms with E-state index in [0.29, 0.717) is 24.5 Å². The molecule has 0 spiro atoms. The van der Waals surface area contributed by atoms with Crippen LogP contribution in [0.3, 0.4) is 0 Å². The van der Waals surface area contributed by atoms with Gasteiger partial charge in [-0.3, -0.25) is 4.79 Å². The van der Waals surface area contributed by atoms with Gasteiger partial charge in [-0.05, 0) is 69.8 Å². The molecule has 3 aliphatic heterocycles. The van der Waals surface area contributed by atoms with Gasteiger partial charge in [-0.1, -0.05) is 19.1 Å². The number of hydrogen-bond donors (Lipinski definition) is 1. The molecule has 1 aromatic carbocycles. The van der Waals surface area contributed by atoms with Crippen LogP contribution in [0, 0.1) is 5.92 Å². The van der Waals surface area contributed by atoms with Crippen LogP contribution in [0.4, 0.5) is 0 Å². The van der Waals surface area contributed by atoms with Crippen LogP contribution in [-0.4, -0.2) is 68.7 Å². The van der Waals surface area contributed by atoms with Crippen molar-refractivity contribution in [3.8, 4) is 0 Å². The van der Waals surface area contributed by atoms with Crippen LogP contribution >= 0.6 is 0 Å². The zero-order valence-corrected chi connectivity index (χ0v) is 17.8. The number of amidine groups is 1. The maximum Gasteiger partial charge on any atom is 0.285 e. The van der Waals surface area contributed by atoms with Crippen molar-refractivity contribution < 1.29 is 13.2 Å². The van der Waals surface area contributed by atoms with E-state index in [-0.39, 0.29) is 16.8 Å². The highest BCUT2D eigenvalue weighted by Gasteiger charge is 2.39. The maximum atomic E-state index is 12.8. The molecule has 1 aromatic rings. The second-order valence-corrected chi connectivity index (χ2v) is 9.98. The van der Waals surface area contributed by atoms with Crippen LogP contribution in [0.1, 0.15) is 44.6 Å². The van der Waals surface area contributed by atoms with Crippen LogP contribution in [0.15, 0.2) is 33.6 Å². The minimum Gasteiger partial charge on any atom is -0.354 e. The van der Waals surface area contributed by atoms with E-state index in [0.717, 1.165) is 44.8 Å². The number of fused-ring (bicyclic) bond motifs is 1. The van der Waals surface area contributed by atoms with Crippen molar-refractivity contribution in [2.24, 2.45) is 10.3 Å². The quantitative estimate of drug-likeness (QED) is 0.738. The Hall–Kier alpha value is -1.93. The predicted molar refractivity (Wildman–Crippen MR) is 112 cm³/mol. The Morgan fingerprint density at radius 3 is 2.72 bits per heavy atom. The number of nitrogens with one attached hydrogen (secondary N) is 1. The van der Waals surface area contributed by atoms with E-state index in [1.54, 1.807) is 18.2 Å². The Morgan fingerprint density at radius 1 is 1.17 bits per heavy atom. The van der Waals surface area contributed by atoms with E-state index in [1.807, 2.05) is 11.0 Å². The summed E-state index contributed by atoms with van der Waals surface area (Å²) in [6.07, 6.45) is 5.03. The lowest BCUT2D eigenvalue weighted by molar-refractivity contribution is -0.124. The normalized spacial score (nSPS) is 24.4. The number of piperidine rings is 1. The summed E-state index contributed by atoms with van der Waals surface area (Å²) in [5.74, 6) is 1.21. The summed E-state index contributed by atoms with van der Waals surface area (Å²) >= 11 is 0. The van der Waals surface area contributed by atoms with E-state index in [4.69, 9.17) is 0 Å². The predicted octanol–water partition coefficient (Wildman–Crippen LogP) is 1.84. The van der Waals surface area contributed by atoms with Gasteiger partial charge >= 0.3 is 0 Å². The molecular weight excluding hydrogens is 388 g/mol. The summed E-state index contributed by atoms with van der Waals surface area (Å²) in [5.41, 5.74) is 0.603. The molecule has 1 atom stereocenters. The van der Waals surface area contributed by atoms with Crippen LogP contribution in [0.5, 0.6) is 0 Å². The molecule has 0 aromatic heterocycles. The van der Waals surface area contributed by atoms with Gasteiger partial charge in [0.15, 0.2) is 5.84 Å². The van der Waals surface area contributed by atoms with Gasteiger partial charge in [0.05, 0.1) is 0 Å². The van der Waals surface area contributed by atoms with Crippen molar-refractivity contribution in [2.75, 3.05) is 32.7 Å². The molecule has 158 valence electrons. The molecule has 0 unspecified atom stereocenters. The number of benzene rings is 1. The zero-order valence-electron chi connectivity index (χ0n) is 17.0. The SMILES string of the molecule is CC1CCN(CCCNC(=O)[C@@H]2CCCN2C2=NS(=O)(=O)c3ccccc32)CC1. The largest absolute Gasteiger partial charge is 0.354 e. The van der Waals surface area contributed by atoms with Gasteiger partial charge in [0.25, 0.3) is 10.0 Å². The summed E-state index contributed by atoms with van der Waals surface area (Å²) in [6, 6.07) is 6.50. The average Bonchev–Trinajstić information content (AvgIpc) is 3.29. The lowest BCUT2D eigenvalue weighted by atomic mass is 9.99. The Labute approximate surface area is 173 Å². The molecule has 0 radical (unpaired) electrons. The van der Waals surface area contributed by atoms with E-state index in [9.17, 15) is 13.2 Å². The molecule has 3 aliphatic rings. The first-order valence-corrected chi connectivity index (χ1v) is 12.1. The number of carbonyl (C=O) groups is 1. The third kappa shape index (κ3) is 4.33. The minimum atomic E-state index is -3.67. The standard InChI is InChI=1S/C21H30N4O3S/c1-16-9-14-24(15-10-16)12-5-11-22-21(26)18-7-4-13-25(18)20-17-6-2-3-8-19(17)29(27,28)23-20/h2-3,6,8,16,18H,4-5,7,9-15H2,1H3,(H,22,26)/t18-/m0/s1. The first-order valence-electron chi connectivity index (χ1n) is 10.7. The van der Waals surface area contributed by atoms with E-state index in [1.165, 1.54) is 12.8 Å². The molecule has 2 saturated heterocycles.